The van der Waals surface area contributed by atoms with Gasteiger partial charge < -0.3 is 15.5 Å². The van der Waals surface area contributed by atoms with Crippen LogP contribution in [-0.4, -0.2) is 34.1 Å². The average molecular weight is 245 g/mol. The molecule has 0 radical (unpaired) electrons. The third kappa shape index (κ3) is 5.33. The highest BCUT2D eigenvalue weighted by Crippen LogP contribution is 2.20. The van der Waals surface area contributed by atoms with Gasteiger partial charge in [-0.15, -0.1) is 0 Å². The zero-order chi connectivity index (χ0) is 13.6. The molecule has 17 heavy (non-hydrogen) atoms. The van der Waals surface area contributed by atoms with Crippen molar-refractivity contribution in [3.63, 3.8) is 0 Å². The summed E-state index contributed by atoms with van der Waals surface area (Å²) in [6, 6.07) is -1.15. The Kier molecular flexibility index (Phi) is 5.64. The lowest BCUT2D eigenvalue weighted by atomic mass is 9.89. The van der Waals surface area contributed by atoms with Gasteiger partial charge >= 0.3 is 11.9 Å². The molecule has 0 heterocycles. The minimum absolute atomic E-state index is 0.115. The molecule has 0 aromatic rings. The van der Waals surface area contributed by atoms with Crippen LogP contribution >= 0.6 is 0 Å². The number of rotatable bonds is 7. The van der Waals surface area contributed by atoms with E-state index in [-0.39, 0.29) is 18.7 Å². The Morgan fingerprint density at radius 1 is 1.24 bits per heavy atom. The molecule has 6 nitrogen and oxygen atoms in total. The summed E-state index contributed by atoms with van der Waals surface area (Å²) >= 11 is 0. The third-order valence-electron chi connectivity index (χ3n) is 2.75. The normalized spacial score (nSPS) is 12.9. The minimum Gasteiger partial charge on any atom is -0.481 e. The SMILES string of the molecule is CCC(C)(C)C(=O)NC(CCC(=O)O)C(=O)O. The van der Waals surface area contributed by atoms with Crippen LogP contribution in [0, 0.1) is 5.41 Å². The van der Waals surface area contributed by atoms with E-state index in [1.165, 1.54) is 0 Å². The number of nitrogens with one attached hydrogen (secondary N) is 1. The second-order valence-electron chi connectivity index (χ2n) is 4.53. The molecule has 0 bridgehead atoms. The van der Waals surface area contributed by atoms with Gasteiger partial charge in [0.15, 0.2) is 0 Å². The van der Waals surface area contributed by atoms with Crippen molar-refractivity contribution >= 4 is 17.8 Å². The summed E-state index contributed by atoms with van der Waals surface area (Å²) in [5.74, 6) is -2.68. The molecule has 3 N–H and O–H groups in total. The summed E-state index contributed by atoms with van der Waals surface area (Å²) in [5.41, 5.74) is -0.656. The van der Waals surface area contributed by atoms with E-state index < -0.39 is 23.4 Å². The van der Waals surface area contributed by atoms with Crippen LogP contribution in [0.5, 0.6) is 0 Å². The molecule has 0 saturated carbocycles. The Labute approximate surface area is 100 Å². The average Bonchev–Trinajstić information content (AvgIpc) is 2.22. The summed E-state index contributed by atoms with van der Waals surface area (Å²) in [6.07, 6.45) is 0.171. The highest BCUT2D eigenvalue weighted by molar-refractivity contribution is 5.87. The molecular formula is C11H19NO5. The number of aliphatic carboxylic acids is 2. The first kappa shape index (κ1) is 15.4. The van der Waals surface area contributed by atoms with Crippen molar-refractivity contribution in [1.29, 1.82) is 0 Å². The Morgan fingerprint density at radius 3 is 2.12 bits per heavy atom. The highest BCUT2D eigenvalue weighted by atomic mass is 16.4. The second-order valence-corrected chi connectivity index (χ2v) is 4.53. The smallest absolute Gasteiger partial charge is 0.326 e. The lowest BCUT2D eigenvalue weighted by molar-refractivity contribution is -0.144. The molecule has 0 aliphatic carbocycles. The molecule has 1 amide bonds. The molecule has 0 rings (SSSR count). The zero-order valence-electron chi connectivity index (χ0n) is 10.3. The molecule has 0 saturated heterocycles. The maximum absolute atomic E-state index is 11.7. The fourth-order valence-electron chi connectivity index (χ4n) is 1.04. The third-order valence-corrected chi connectivity index (χ3v) is 2.75. The first-order valence-electron chi connectivity index (χ1n) is 5.46. The summed E-state index contributed by atoms with van der Waals surface area (Å²) in [7, 11) is 0. The van der Waals surface area contributed by atoms with E-state index in [1.807, 2.05) is 6.92 Å². The van der Waals surface area contributed by atoms with E-state index in [4.69, 9.17) is 10.2 Å². The molecule has 0 aliphatic heterocycles. The lowest BCUT2D eigenvalue weighted by Gasteiger charge is -2.24. The van der Waals surface area contributed by atoms with Gasteiger partial charge in [0.05, 0.1) is 0 Å². The highest BCUT2D eigenvalue weighted by Gasteiger charge is 2.29. The monoisotopic (exact) mass is 245 g/mol. The van der Waals surface area contributed by atoms with Gasteiger partial charge in [0.2, 0.25) is 5.91 Å². The molecule has 0 aromatic heterocycles. The maximum atomic E-state index is 11.7. The zero-order valence-corrected chi connectivity index (χ0v) is 10.3. The van der Waals surface area contributed by atoms with Gasteiger partial charge in [-0.2, -0.15) is 0 Å². The Bertz CT molecular complexity index is 311. The summed E-state index contributed by atoms with van der Waals surface area (Å²) in [5, 5.41) is 19.7. The topological polar surface area (TPSA) is 104 Å². The summed E-state index contributed by atoms with van der Waals surface area (Å²) in [4.78, 5) is 32.9. The van der Waals surface area contributed by atoms with Crippen molar-refractivity contribution in [2.45, 2.75) is 46.1 Å². The first-order chi connectivity index (χ1) is 7.70. The molecule has 1 atom stereocenters. The number of carboxylic acids is 2. The fraction of sp³-hybridized carbons (Fsp3) is 0.727. The summed E-state index contributed by atoms with van der Waals surface area (Å²) in [6.45, 7) is 5.24. The predicted octanol–water partition coefficient (Wildman–Crippen LogP) is 0.857. The molecule has 98 valence electrons. The fourth-order valence-corrected chi connectivity index (χ4v) is 1.04. The van der Waals surface area contributed by atoms with Gasteiger partial charge in [-0.25, -0.2) is 4.79 Å². The van der Waals surface area contributed by atoms with E-state index in [2.05, 4.69) is 5.32 Å². The maximum Gasteiger partial charge on any atom is 0.326 e. The van der Waals surface area contributed by atoms with Crippen LogP contribution in [0.15, 0.2) is 0 Å². The van der Waals surface area contributed by atoms with Crippen LogP contribution in [0.1, 0.15) is 40.0 Å². The van der Waals surface area contributed by atoms with Crippen LogP contribution in [0.25, 0.3) is 0 Å². The second kappa shape index (κ2) is 6.22. The molecular weight excluding hydrogens is 226 g/mol. The molecule has 6 heteroatoms. The Morgan fingerprint density at radius 2 is 1.76 bits per heavy atom. The number of amides is 1. The summed E-state index contributed by atoms with van der Waals surface area (Å²) < 4.78 is 0. The van der Waals surface area contributed by atoms with Gasteiger partial charge in [0, 0.05) is 11.8 Å². The van der Waals surface area contributed by atoms with Crippen LogP contribution < -0.4 is 5.32 Å². The minimum atomic E-state index is -1.22. The van der Waals surface area contributed by atoms with E-state index >= 15 is 0 Å². The number of hydrogen-bond acceptors (Lipinski definition) is 3. The van der Waals surface area contributed by atoms with Crippen molar-refractivity contribution in [1.82, 2.24) is 5.32 Å². The van der Waals surface area contributed by atoms with Crippen molar-refractivity contribution in [2.75, 3.05) is 0 Å². The van der Waals surface area contributed by atoms with E-state index in [1.54, 1.807) is 13.8 Å². The van der Waals surface area contributed by atoms with Crippen molar-refractivity contribution in [3.05, 3.63) is 0 Å². The largest absolute Gasteiger partial charge is 0.481 e. The Hall–Kier alpha value is -1.59. The molecule has 0 fully saturated rings. The quantitative estimate of drug-likeness (QED) is 0.617. The lowest BCUT2D eigenvalue weighted by Crippen LogP contribution is -2.46. The van der Waals surface area contributed by atoms with Crippen LogP contribution in [0.4, 0.5) is 0 Å². The molecule has 0 aliphatic rings. The number of carboxylic acid groups (broad SMARTS) is 2. The van der Waals surface area contributed by atoms with Gasteiger partial charge in [0.25, 0.3) is 0 Å². The number of carbonyl (C=O) groups excluding carboxylic acids is 1. The number of carbonyl (C=O) groups is 3. The number of hydrogen-bond donors (Lipinski definition) is 3. The van der Waals surface area contributed by atoms with Gasteiger partial charge in [-0.3, -0.25) is 9.59 Å². The molecule has 1 unspecified atom stereocenters. The van der Waals surface area contributed by atoms with Crippen LogP contribution in [0.3, 0.4) is 0 Å². The molecule has 0 spiro atoms. The van der Waals surface area contributed by atoms with Crippen molar-refractivity contribution in [2.24, 2.45) is 5.41 Å². The first-order valence-corrected chi connectivity index (χ1v) is 5.46. The van der Waals surface area contributed by atoms with Gasteiger partial charge in [-0.05, 0) is 12.8 Å². The Balaban J connectivity index is 4.50. The van der Waals surface area contributed by atoms with Crippen LogP contribution in [0.2, 0.25) is 0 Å². The predicted molar refractivity (Wildman–Crippen MR) is 60.5 cm³/mol. The van der Waals surface area contributed by atoms with Gasteiger partial charge in [-0.1, -0.05) is 20.8 Å². The van der Waals surface area contributed by atoms with Crippen LogP contribution in [-0.2, 0) is 14.4 Å². The van der Waals surface area contributed by atoms with Gasteiger partial charge in [0.1, 0.15) is 6.04 Å². The van der Waals surface area contributed by atoms with Crippen molar-refractivity contribution in [3.8, 4) is 0 Å². The van der Waals surface area contributed by atoms with E-state index in [0.717, 1.165) is 0 Å². The standard InChI is InChI=1S/C11H19NO5/c1-4-11(2,3)10(17)12-7(9(15)16)5-6-8(13)14/h7H,4-6H2,1-3H3,(H,12,17)(H,13,14)(H,15,16). The molecule has 0 aromatic carbocycles. The van der Waals surface area contributed by atoms with E-state index in [9.17, 15) is 14.4 Å². The van der Waals surface area contributed by atoms with E-state index in [0.29, 0.717) is 6.42 Å². The van der Waals surface area contributed by atoms with Crippen molar-refractivity contribution < 1.29 is 24.6 Å².